The SMILES string of the molecule is CC(C#N)NC1Cc2ccccc2C1. The molecule has 0 heterocycles. The summed E-state index contributed by atoms with van der Waals surface area (Å²) in [7, 11) is 0. The van der Waals surface area contributed by atoms with E-state index >= 15 is 0 Å². The van der Waals surface area contributed by atoms with Gasteiger partial charge in [-0.1, -0.05) is 24.3 Å². The van der Waals surface area contributed by atoms with Crippen LogP contribution in [0.4, 0.5) is 0 Å². The number of nitrogens with zero attached hydrogens (tertiary/aromatic N) is 1. The molecule has 1 aromatic rings. The van der Waals surface area contributed by atoms with Gasteiger partial charge in [-0.05, 0) is 30.9 Å². The summed E-state index contributed by atoms with van der Waals surface area (Å²) in [5.74, 6) is 0. The summed E-state index contributed by atoms with van der Waals surface area (Å²) in [5, 5.41) is 12.0. The molecule has 0 saturated carbocycles. The van der Waals surface area contributed by atoms with Crippen LogP contribution >= 0.6 is 0 Å². The Morgan fingerprint density at radius 1 is 1.36 bits per heavy atom. The minimum absolute atomic E-state index is 0.0469. The van der Waals surface area contributed by atoms with Gasteiger partial charge in [-0.2, -0.15) is 5.26 Å². The summed E-state index contributed by atoms with van der Waals surface area (Å²) in [6.45, 7) is 1.91. The van der Waals surface area contributed by atoms with E-state index in [4.69, 9.17) is 5.26 Å². The lowest BCUT2D eigenvalue weighted by molar-refractivity contribution is 0.508. The quantitative estimate of drug-likeness (QED) is 0.762. The molecule has 2 heteroatoms. The van der Waals surface area contributed by atoms with Crippen molar-refractivity contribution in [3.63, 3.8) is 0 Å². The van der Waals surface area contributed by atoms with E-state index in [2.05, 4.69) is 35.7 Å². The van der Waals surface area contributed by atoms with Crippen LogP contribution in [0.3, 0.4) is 0 Å². The molecule has 1 unspecified atom stereocenters. The van der Waals surface area contributed by atoms with E-state index in [9.17, 15) is 0 Å². The summed E-state index contributed by atoms with van der Waals surface area (Å²) in [4.78, 5) is 0. The van der Waals surface area contributed by atoms with Gasteiger partial charge in [0.05, 0.1) is 12.1 Å². The molecule has 0 aliphatic heterocycles. The Hall–Kier alpha value is -1.33. The van der Waals surface area contributed by atoms with Crippen LogP contribution in [0.1, 0.15) is 18.1 Å². The van der Waals surface area contributed by atoms with E-state index in [0.29, 0.717) is 6.04 Å². The molecule has 0 bridgehead atoms. The van der Waals surface area contributed by atoms with Crippen molar-refractivity contribution in [1.82, 2.24) is 5.32 Å². The predicted molar refractivity (Wildman–Crippen MR) is 55.8 cm³/mol. The number of nitriles is 1. The Balaban J connectivity index is 2.02. The predicted octanol–water partition coefficient (Wildman–Crippen LogP) is 1.66. The third-order valence-corrected chi connectivity index (χ3v) is 2.73. The van der Waals surface area contributed by atoms with E-state index in [-0.39, 0.29) is 6.04 Å². The summed E-state index contributed by atoms with van der Waals surface area (Å²) >= 11 is 0. The smallest absolute Gasteiger partial charge is 0.0926 e. The fraction of sp³-hybridized carbons (Fsp3) is 0.417. The first-order valence-corrected chi connectivity index (χ1v) is 5.02. The van der Waals surface area contributed by atoms with Gasteiger partial charge < -0.3 is 0 Å². The molecule has 0 fully saturated rings. The van der Waals surface area contributed by atoms with E-state index in [1.807, 2.05) is 6.92 Å². The van der Waals surface area contributed by atoms with Crippen LogP contribution in [0.5, 0.6) is 0 Å². The number of fused-ring (bicyclic) bond motifs is 1. The summed E-state index contributed by atoms with van der Waals surface area (Å²) in [6, 6.07) is 11.1. The van der Waals surface area contributed by atoms with Crippen molar-refractivity contribution >= 4 is 0 Å². The first kappa shape index (κ1) is 9.23. The topological polar surface area (TPSA) is 35.8 Å². The highest BCUT2D eigenvalue weighted by atomic mass is 14.9. The molecule has 14 heavy (non-hydrogen) atoms. The third kappa shape index (κ3) is 1.78. The number of hydrogen-bond acceptors (Lipinski definition) is 2. The van der Waals surface area contributed by atoms with E-state index < -0.39 is 0 Å². The van der Waals surface area contributed by atoms with Crippen molar-refractivity contribution < 1.29 is 0 Å². The highest BCUT2D eigenvalue weighted by Crippen LogP contribution is 2.21. The average molecular weight is 186 g/mol. The Morgan fingerprint density at radius 3 is 2.43 bits per heavy atom. The zero-order valence-electron chi connectivity index (χ0n) is 8.33. The Bertz CT molecular complexity index is 340. The van der Waals surface area contributed by atoms with Crippen molar-refractivity contribution in [2.45, 2.75) is 31.8 Å². The van der Waals surface area contributed by atoms with Crippen molar-refractivity contribution in [3.8, 4) is 6.07 Å². The molecule has 1 aromatic carbocycles. The van der Waals surface area contributed by atoms with E-state index in [0.717, 1.165) is 12.8 Å². The molecule has 72 valence electrons. The van der Waals surface area contributed by atoms with E-state index in [1.54, 1.807) is 0 Å². The zero-order chi connectivity index (χ0) is 9.97. The molecule has 2 rings (SSSR count). The van der Waals surface area contributed by atoms with Gasteiger partial charge in [-0.25, -0.2) is 0 Å². The zero-order valence-corrected chi connectivity index (χ0v) is 8.33. The van der Waals surface area contributed by atoms with Crippen molar-refractivity contribution in [1.29, 1.82) is 5.26 Å². The van der Waals surface area contributed by atoms with Gasteiger partial charge in [0.15, 0.2) is 0 Å². The van der Waals surface area contributed by atoms with Gasteiger partial charge in [-0.3, -0.25) is 5.32 Å². The maximum Gasteiger partial charge on any atom is 0.0926 e. The Labute approximate surface area is 84.6 Å². The van der Waals surface area contributed by atoms with Crippen molar-refractivity contribution in [2.75, 3.05) is 0 Å². The van der Waals surface area contributed by atoms with Gasteiger partial charge in [0.25, 0.3) is 0 Å². The molecule has 0 radical (unpaired) electrons. The fourth-order valence-corrected chi connectivity index (χ4v) is 2.07. The monoisotopic (exact) mass is 186 g/mol. The second kappa shape index (κ2) is 3.81. The lowest BCUT2D eigenvalue weighted by atomic mass is 10.1. The average Bonchev–Trinajstić information content (AvgIpc) is 2.59. The highest BCUT2D eigenvalue weighted by molar-refractivity contribution is 5.33. The van der Waals surface area contributed by atoms with Crippen molar-refractivity contribution in [2.24, 2.45) is 0 Å². The normalized spacial score (nSPS) is 17.4. The second-order valence-corrected chi connectivity index (χ2v) is 3.89. The molecule has 1 aliphatic rings. The number of hydrogen-bond donors (Lipinski definition) is 1. The number of rotatable bonds is 2. The van der Waals surface area contributed by atoms with Crippen LogP contribution in [0.25, 0.3) is 0 Å². The second-order valence-electron chi connectivity index (χ2n) is 3.89. The minimum atomic E-state index is -0.0469. The largest absolute Gasteiger partial charge is 0.299 e. The molecule has 0 spiro atoms. The van der Waals surface area contributed by atoms with Crippen LogP contribution < -0.4 is 5.32 Å². The maximum atomic E-state index is 8.70. The first-order chi connectivity index (χ1) is 6.79. The molecular weight excluding hydrogens is 172 g/mol. The fourth-order valence-electron chi connectivity index (χ4n) is 2.07. The van der Waals surface area contributed by atoms with Gasteiger partial charge in [0, 0.05) is 6.04 Å². The number of benzene rings is 1. The van der Waals surface area contributed by atoms with E-state index in [1.165, 1.54) is 11.1 Å². The van der Waals surface area contributed by atoms with Crippen LogP contribution in [-0.2, 0) is 12.8 Å². The van der Waals surface area contributed by atoms with Crippen LogP contribution in [0.2, 0.25) is 0 Å². The Morgan fingerprint density at radius 2 is 1.93 bits per heavy atom. The number of nitrogens with one attached hydrogen (secondary N) is 1. The summed E-state index contributed by atoms with van der Waals surface area (Å²) in [5.41, 5.74) is 2.85. The third-order valence-electron chi connectivity index (χ3n) is 2.73. The Kier molecular flexibility index (Phi) is 2.51. The van der Waals surface area contributed by atoms with Gasteiger partial charge >= 0.3 is 0 Å². The summed E-state index contributed by atoms with van der Waals surface area (Å²) < 4.78 is 0. The van der Waals surface area contributed by atoms with Crippen molar-refractivity contribution in [3.05, 3.63) is 35.4 Å². The highest BCUT2D eigenvalue weighted by Gasteiger charge is 2.21. The molecule has 2 nitrogen and oxygen atoms in total. The molecule has 0 aromatic heterocycles. The molecule has 1 atom stereocenters. The molecular formula is C12H14N2. The van der Waals surface area contributed by atoms with Gasteiger partial charge in [-0.15, -0.1) is 0 Å². The maximum absolute atomic E-state index is 8.70. The molecule has 1 N–H and O–H groups in total. The van der Waals surface area contributed by atoms with Gasteiger partial charge in [0.1, 0.15) is 0 Å². The molecule has 0 amide bonds. The van der Waals surface area contributed by atoms with Crippen LogP contribution in [0, 0.1) is 11.3 Å². The minimum Gasteiger partial charge on any atom is -0.299 e. The lowest BCUT2D eigenvalue weighted by Crippen LogP contribution is -2.36. The van der Waals surface area contributed by atoms with Crippen LogP contribution in [0.15, 0.2) is 24.3 Å². The first-order valence-electron chi connectivity index (χ1n) is 5.02. The molecule has 0 saturated heterocycles. The standard InChI is InChI=1S/C12H14N2/c1-9(8-13)14-12-6-10-4-2-3-5-11(10)7-12/h2-5,9,12,14H,6-7H2,1H3. The molecule has 1 aliphatic carbocycles. The lowest BCUT2D eigenvalue weighted by Gasteiger charge is -2.12. The van der Waals surface area contributed by atoms with Gasteiger partial charge in [0.2, 0.25) is 0 Å². The van der Waals surface area contributed by atoms with Crippen LogP contribution in [-0.4, -0.2) is 12.1 Å². The summed E-state index contributed by atoms with van der Waals surface area (Å²) in [6.07, 6.45) is 2.12.